The van der Waals surface area contributed by atoms with Gasteiger partial charge in [-0.05, 0) is 15.9 Å². The number of hydrogen-bond acceptors (Lipinski definition) is 4. The van der Waals surface area contributed by atoms with Crippen LogP contribution in [0.1, 0.15) is 13.8 Å². The van der Waals surface area contributed by atoms with Crippen LogP contribution in [0.4, 0.5) is 5.13 Å². The molecular formula is C9H13BrN2S2. The largest absolute Gasteiger partial charge is 0.346 e. The highest BCUT2D eigenvalue weighted by Crippen LogP contribution is 2.31. The quantitative estimate of drug-likeness (QED) is 0.791. The van der Waals surface area contributed by atoms with E-state index >= 15 is 0 Å². The number of nitrogens with zero attached hydrogens (tertiary/aromatic N) is 2. The van der Waals surface area contributed by atoms with Crippen LogP contribution in [0.3, 0.4) is 0 Å². The normalized spacial score (nSPS) is 28.1. The lowest BCUT2D eigenvalue weighted by atomic mass is 10.3. The van der Waals surface area contributed by atoms with Gasteiger partial charge in [-0.25, -0.2) is 4.98 Å². The molecule has 1 saturated heterocycles. The van der Waals surface area contributed by atoms with Crippen LogP contribution in [-0.4, -0.2) is 28.6 Å². The summed E-state index contributed by atoms with van der Waals surface area (Å²) in [5.74, 6) is 0. The molecule has 2 nitrogen and oxygen atoms in total. The molecule has 14 heavy (non-hydrogen) atoms. The molecule has 2 unspecified atom stereocenters. The van der Waals surface area contributed by atoms with Gasteiger partial charge in [0.2, 0.25) is 0 Å². The molecule has 2 rings (SSSR count). The number of halogens is 1. The van der Waals surface area contributed by atoms with Gasteiger partial charge >= 0.3 is 0 Å². The van der Waals surface area contributed by atoms with Crippen molar-refractivity contribution < 1.29 is 0 Å². The molecule has 0 saturated carbocycles. The minimum absolute atomic E-state index is 0.710. The summed E-state index contributed by atoms with van der Waals surface area (Å²) in [4.78, 5) is 6.85. The monoisotopic (exact) mass is 292 g/mol. The SMILES string of the molecule is CC1CN(c2nc(Br)cs2)CC(C)S1. The van der Waals surface area contributed by atoms with Gasteiger partial charge in [-0.3, -0.25) is 0 Å². The molecule has 0 amide bonds. The second kappa shape index (κ2) is 4.41. The highest BCUT2D eigenvalue weighted by atomic mass is 79.9. The maximum Gasteiger partial charge on any atom is 0.186 e. The van der Waals surface area contributed by atoms with E-state index in [0.717, 1.165) is 22.8 Å². The van der Waals surface area contributed by atoms with Crippen LogP contribution in [0.15, 0.2) is 9.98 Å². The number of thiazole rings is 1. The fraction of sp³-hybridized carbons (Fsp3) is 0.667. The van der Waals surface area contributed by atoms with Crippen LogP contribution in [-0.2, 0) is 0 Å². The number of hydrogen-bond donors (Lipinski definition) is 0. The number of rotatable bonds is 1. The van der Waals surface area contributed by atoms with E-state index in [0.29, 0.717) is 10.5 Å². The van der Waals surface area contributed by atoms with E-state index < -0.39 is 0 Å². The fourth-order valence-electron chi connectivity index (χ4n) is 1.72. The molecule has 1 fully saturated rings. The topological polar surface area (TPSA) is 16.1 Å². The minimum Gasteiger partial charge on any atom is -0.346 e. The van der Waals surface area contributed by atoms with E-state index in [1.54, 1.807) is 11.3 Å². The third-order valence-corrected chi connectivity index (χ3v) is 4.99. The summed E-state index contributed by atoms with van der Waals surface area (Å²) >= 11 is 7.19. The second-order valence-corrected chi connectivity index (χ2v) is 7.15. The molecule has 0 bridgehead atoms. The Hall–Kier alpha value is 0.260. The fourth-order valence-corrected chi connectivity index (χ4v) is 4.32. The average molecular weight is 293 g/mol. The van der Waals surface area contributed by atoms with Crippen LogP contribution in [0.5, 0.6) is 0 Å². The number of aromatic nitrogens is 1. The summed E-state index contributed by atoms with van der Waals surface area (Å²) in [6, 6.07) is 0. The van der Waals surface area contributed by atoms with Gasteiger partial charge in [0.05, 0.1) is 0 Å². The highest BCUT2D eigenvalue weighted by molar-refractivity contribution is 9.10. The molecule has 1 aromatic heterocycles. The van der Waals surface area contributed by atoms with Crippen LogP contribution in [0.25, 0.3) is 0 Å². The predicted molar refractivity (Wildman–Crippen MR) is 68.5 cm³/mol. The van der Waals surface area contributed by atoms with Crippen molar-refractivity contribution in [3.63, 3.8) is 0 Å². The molecule has 0 radical (unpaired) electrons. The highest BCUT2D eigenvalue weighted by Gasteiger charge is 2.23. The first-order valence-electron chi connectivity index (χ1n) is 4.66. The van der Waals surface area contributed by atoms with Gasteiger partial charge < -0.3 is 4.90 Å². The Morgan fingerprint density at radius 1 is 1.43 bits per heavy atom. The zero-order valence-corrected chi connectivity index (χ0v) is 11.5. The molecule has 1 aliphatic rings. The molecule has 0 spiro atoms. The Morgan fingerprint density at radius 3 is 2.57 bits per heavy atom. The average Bonchev–Trinajstić information content (AvgIpc) is 2.50. The van der Waals surface area contributed by atoms with Crippen molar-refractivity contribution in [2.45, 2.75) is 24.3 Å². The van der Waals surface area contributed by atoms with Crippen molar-refractivity contribution in [2.24, 2.45) is 0 Å². The third-order valence-electron chi connectivity index (χ3n) is 2.15. The molecule has 5 heteroatoms. The van der Waals surface area contributed by atoms with Gasteiger partial charge in [-0.2, -0.15) is 11.8 Å². The molecule has 0 aliphatic carbocycles. The Labute approximate surface area is 101 Å². The summed E-state index contributed by atoms with van der Waals surface area (Å²) in [5, 5.41) is 4.62. The smallest absolute Gasteiger partial charge is 0.186 e. The zero-order chi connectivity index (χ0) is 10.1. The summed E-state index contributed by atoms with van der Waals surface area (Å²) in [5.41, 5.74) is 0. The van der Waals surface area contributed by atoms with Crippen molar-refractivity contribution in [1.29, 1.82) is 0 Å². The lowest BCUT2D eigenvalue weighted by molar-refractivity contribution is 0.725. The van der Waals surface area contributed by atoms with Gasteiger partial charge in [-0.1, -0.05) is 13.8 Å². The standard InChI is InChI=1S/C9H13BrN2S2/c1-6-3-12(4-7(2)14-6)9-11-8(10)5-13-9/h5-7H,3-4H2,1-2H3. The molecule has 0 aromatic carbocycles. The van der Waals surface area contributed by atoms with Gasteiger partial charge in [-0.15, -0.1) is 11.3 Å². The first kappa shape index (κ1) is 10.8. The van der Waals surface area contributed by atoms with Crippen LogP contribution < -0.4 is 4.90 Å². The number of anilines is 1. The predicted octanol–water partition coefficient (Wildman–Crippen LogP) is 3.24. The van der Waals surface area contributed by atoms with Crippen LogP contribution in [0, 0.1) is 0 Å². The minimum atomic E-state index is 0.710. The van der Waals surface area contributed by atoms with E-state index in [4.69, 9.17) is 0 Å². The van der Waals surface area contributed by atoms with E-state index in [2.05, 4.69) is 51.4 Å². The van der Waals surface area contributed by atoms with Gasteiger partial charge in [0, 0.05) is 29.0 Å². The zero-order valence-electron chi connectivity index (χ0n) is 8.24. The number of thioether (sulfide) groups is 1. The summed E-state index contributed by atoms with van der Waals surface area (Å²) in [6.07, 6.45) is 0. The molecule has 0 N–H and O–H groups in total. The molecular weight excluding hydrogens is 280 g/mol. The van der Waals surface area contributed by atoms with Crippen molar-refractivity contribution >= 4 is 44.2 Å². The molecule has 1 aliphatic heterocycles. The Bertz CT molecular complexity index is 306. The maximum absolute atomic E-state index is 4.46. The molecule has 2 heterocycles. The first-order valence-corrected chi connectivity index (χ1v) is 7.28. The first-order chi connectivity index (χ1) is 6.65. The Morgan fingerprint density at radius 2 is 2.07 bits per heavy atom. The van der Waals surface area contributed by atoms with Crippen molar-refractivity contribution in [1.82, 2.24) is 4.98 Å². The van der Waals surface area contributed by atoms with Gasteiger partial charge in [0.25, 0.3) is 0 Å². The Balaban J connectivity index is 2.10. The molecule has 1 aromatic rings. The van der Waals surface area contributed by atoms with E-state index in [1.807, 2.05) is 5.38 Å². The molecule has 2 atom stereocenters. The maximum atomic E-state index is 4.46. The summed E-state index contributed by atoms with van der Waals surface area (Å²) < 4.78 is 0.955. The van der Waals surface area contributed by atoms with Gasteiger partial charge in [0.1, 0.15) is 4.60 Å². The summed E-state index contributed by atoms with van der Waals surface area (Å²) in [7, 11) is 0. The van der Waals surface area contributed by atoms with E-state index in [-0.39, 0.29) is 0 Å². The lowest BCUT2D eigenvalue weighted by Gasteiger charge is -2.34. The van der Waals surface area contributed by atoms with Gasteiger partial charge in [0.15, 0.2) is 5.13 Å². The molecule has 78 valence electrons. The summed E-state index contributed by atoms with van der Waals surface area (Å²) in [6.45, 7) is 6.82. The third kappa shape index (κ3) is 2.44. The van der Waals surface area contributed by atoms with Crippen LogP contribution in [0.2, 0.25) is 0 Å². The van der Waals surface area contributed by atoms with Crippen LogP contribution >= 0.6 is 39.0 Å². The van der Waals surface area contributed by atoms with Crippen molar-refractivity contribution in [2.75, 3.05) is 18.0 Å². The van der Waals surface area contributed by atoms with Crippen molar-refractivity contribution in [3.05, 3.63) is 9.98 Å². The lowest BCUT2D eigenvalue weighted by Crippen LogP contribution is -2.40. The second-order valence-electron chi connectivity index (χ2n) is 3.62. The van der Waals surface area contributed by atoms with Crippen molar-refractivity contribution in [3.8, 4) is 0 Å². The Kier molecular flexibility index (Phi) is 3.39. The van der Waals surface area contributed by atoms with E-state index in [1.165, 1.54) is 0 Å². The van der Waals surface area contributed by atoms with E-state index in [9.17, 15) is 0 Å².